The molecule has 1 aromatic heterocycles. The van der Waals surface area contributed by atoms with Gasteiger partial charge in [-0.2, -0.15) is 10.1 Å². The zero-order valence-corrected chi connectivity index (χ0v) is 12.4. The number of hydrogen-bond donors (Lipinski definition) is 1. The van der Waals surface area contributed by atoms with Gasteiger partial charge in [-0.25, -0.2) is 4.68 Å². The highest BCUT2D eigenvalue weighted by atomic mass is 15.4. The van der Waals surface area contributed by atoms with Crippen LogP contribution in [0.5, 0.6) is 0 Å². The number of aryl methyl sites for hydroxylation is 1. The zero-order chi connectivity index (χ0) is 14.1. The van der Waals surface area contributed by atoms with E-state index in [0.29, 0.717) is 12.0 Å². The zero-order valence-electron chi connectivity index (χ0n) is 12.4. The number of aromatic nitrogens is 3. The van der Waals surface area contributed by atoms with Gasteiger partial charge in [0.2, 0.25) is 5.95 Å². The second-order valence-electron chi connectivity index (χ2n) is 5.70. The highest BCUT2D eigenvalue weighted by molar-refractivity contribution is 5.34. The average molecular weight is 270 g/mol. The molecule has 3 rings (SSSR count). The van der Waals surface area contributed by atoms with Crippen molar-refractivity contribution < 1.29 is 0 Å². The van der Waals surface area contributed by atoms with Crippen LogP contribution >= 0.6 is 0 Å². The molecular formula is C16H22N4. The van der Waals surface area contributed by atoms with Gasteiger partial charge < -0.3 is 5.32 Å². The summed E-state index contributed by atoms with van der Waals surface area (Å²) < 4.78 is 2.05. The lowest BCUT2D eigenvalue weighted by Gasteiger charge is -2.25. The molecule has 4 heteroatoms. The summed E-state index contributed by atoms with van der Waals surface area (Å²) in [7, 11) is 0. The van der Waals surface area contributed by atoms with Gasteiger partial charge in [-0.1, -0.05) is 45.0 Å². The Morgan fingerprint density at radius 1 is 1.30 bits per heavy atom. The molecule has 4 nitrogen and oxygen atoms in total. The van der Waals surface area contributed by atoms with E-state index in [1.54, 1.807) is 0 Å². The van der Waals surface area contributed by atoms with E-state index in [4.69, 9.17) is 0 Å². The second-order valence-corrected chi connectivity index (χ2v) is 5.70. The van der Waals surface area contributed by atoms with E-state index in [9.17, 15) is 0 Å². The van der Waals surface area contributed by atoms with Crippen LogP contribution in [0, 0.1) is 0 Å². The van der Waals surface area contributed by atoms with Gasteiger partial charge in [0, 0.05) is 13.0 Å². The van der Waals surface area contributed by atoms with Gasteiger partial charge >= 0.3 is 0 Å². The Balaban J connectivity index is 1.93. The van der Waals surface area contributed by atoms with Gasteiger partial charge in [0.15, 0.2) is 5.82 Å². The van der Waals surface area contributed by atoms with Crippen LogP contribution in [0.25, 0.3) is 0 Å². The van der Waals surface area contributed by atoms with Crippen LogP contribution in [0.1, 0.15) is 56.1 Å². The number of benzene rings is 1. The van der Waals surface area contributed by atoms with Crippen LogP contribution in [0.15, 0.2) is 24.3 Å². The third-order valence-electron chi connectivity index (χ3n) is 3.98. The number of fused-ring (bicyclic) bond motifs is 1. The lowest BCUT2D eigenvalue weighted by atomic mass is 9.97. The fraction of sp³-hybridized carbons (Fsp3) is 0.500. The first kappa shape index (κ1) is 13.2. The lowest BCUT2D eigenvalue weighted by Crippen LogP contribution is -2.24. The Morgan fingerprint density at radius 2 is 2.05 bits per heavy atom. The van der Waals surface area contributed by atoms with Crippen LogP contribution in [-0.2, 0) is 6.42 Å². The summed E-state index contributed by atoms with van der Waals surface area (Å²) >= 11 is 0. The van der Waals surface area contributed by atoms with Crippen LogP contribution in [0.4, 0.5) is 5.95 Å². The molecule has 106 valence electrons. The SMILES string of the molecule is CCc1nc2n(n1)C(c1ccc(C(C)C)cc1)CCN2. The molecule has 0 saturated heterocycles. The lowest BCUT2D eigenvalue weighted by molar-refractivity contribution is 0.477. The van der Waals surface area contributed by atoms with E-state index in [-0.39, 0.29) is 0 Å². The summed E-state index contributed by atoms with van der Waals surface area (Å²) in [5, 5.41) is 7.96. The van der Waals surface area contributed by atoms with Crippen molar-refractivity contribution >= 4 is 5.95 Å². The molecule has 1 aliphatic heterocycles. The Morgan fingerprint density at radius 3 is 2.70 bits per heavy atom. The summed E-state index contributed by atoms with van der Waals surface area (Å²) in [6.45, 7) is 7.50. The van der Waals surface area contributed by atoms with Crippen molar-refractivity contribution in [3.8, 4) is 0 Å². The van der Waals surface area contributed by atoms with Crippen molar-refractivity contribution in [2.45, 2.75) is 45.6 Å². The van der Waals surface area contributed by atoms with Gasteiger partial charge in [0.25, 0.3) is 0 Å². The summed E-state index contributed by atoms with van der Waals surface area (Å²) in [5.41, 5.74) is 2.71. The third-order valence-corrected chi connectivity index (χ3v) is 3.98. The van der Waals surface area contributed by atoms with Crippen molar-refractivity contribution in [3.63, 3.8) is 0 Å². The predicted molar refractivity (Wildman–Crippen MR) is 81.2 cm³/mol. The number of nitrogens with one attached hydrogen (secondary N) is 1. The van der Waals surface area contributed by atoms with Gasteiger partial charge in [0.1, 0.15) is 0 Å². The largest absolute Gasteiger partial charge is 0.354 e. The predicted octanol–water partition coefficient (Wildman–Crippen LogP) is 3.37. The minimum Gasteiger partial charge on any atom is -0.354 e. The summed E-state index contributed by atoms with van der Waals surface area (Å²) in [6.07, 6.45) is 1.93. The van der Waals surface area contributed by atoms with Gasteiger partial charge in [-0.3, -0.25) is 0 Å². The normalized spacial score (nSPS) is 17.9. The first-order valence-electron chi connectivity index (χ1n) is 7.48. The highest BCUT2D eigenvalue weighted by Crippen LogP contribution is 2.29. The molecule has 0 bridgehead atoms. The maximum absolute atomic E-state index is 4.63. The smallest absolute Gasteiger partial charge is 0.221 e. The molecule has 0 radical (unpaired) electrons. The molecule has 0 fully saturated rings. The van der Waals surface area contributed by atoms with E-state index >= 15 is 0 Å². The van der Waals surface area contributed by atoms with Gasteiger partial charge in [0.05, 0.1) is 6.04 Å². The second kappa shape index (κ2) is 5.27. The molecular weight excluding hydrogens is 248 g/mol. The monoisotopic (exact) mass is 270 g/mol. The molecule has 0 saturated carbocycles. The molecule has 2 aromatic rings. The Labute approximate surface area is 120 Å². The van der Waals surface area contributed by atoms with Crippen LogP contribution < -0.4 is 5.32 Å². The van der Waals surface area contributed by atoms with E-state index in [0.717, 1.165) is 31.2 Å². The maximum atomic E-state index is 4.63. The topological polar surface area (TPSA) is 42.7 Å². The molecule has 0 aliphatic carbocycles. The molecule has 2 heterocycles. The molecule has 1 aromatic carbocycles. The fourth-order valence-electron chi connectivity index (χ4n) is 2.71. The minimum absolute atomic E-state index is 0.306. The number of hydrogen-bond acceptors (Lipinski definition) is 3. The summed E-state index contributed by atoms with van der Waals surface area (Å²) in [6, 6.07) is 9.25. The van der Waals surface area contributed by atoms with Crippen molar-refractivity contribution in [3.05, 3.63) is 41.2 Å². The summed E-state index contributed by atoms with van der Waals surface area (Å²) in [4.78, 5) is 4.53. The quantitative estimate of drug-likeness (QED) is 0.930. The van der Waals surface area contributed by atoms with E-state index < -0.39 is 0 Å². The van der Waals surface area contributed by atoms with Crippen molar-refractivity contribution in [2.75, 3.05) is 11.9 Å². The number of rotatable bonds is 3. The Bertz CT molecular complexity index is 583. The molecule has 20 heavy (non-hydrogen) atoms. The van der Waals surface area contributed by atoms with Crippen molar-refractivity contribution in [1.29, 1.82) is 0 Å². The molecule has 0 spiro atoms. The maximum Gasteiger partial charge on any atom is 0.221 e. The Kier molecular flexibility index (Phi) is 3.47. The van der Waals surface area contributed by atoms with E-state index in [1.165, 1.54) is 11.1 Å². The van der Waals surface area contributed by atoms with E-state index in [2.05, 4.69) is 60.4 Å². The van der Waals surface area contributed by atoms with Gasteiger partial charge in [-0.05, 0) is 23.5 Å². The number of nitrogens with zero attached hydrogens (tertiary/aromatic N) is 3. The fourth-order valence-corrected chi connectivity index (χ4v) is 2.71. The average Bonchev–Trinajstić information content (AvgIpc) is 2.90. The minimum atomic E-state index is 0.306. The summed E-state index contributed by atoms with van der Waals surface area (Å²) in [5.74, 6) is 2.40. The third kappa shape index (κ3) is 2.30. The molecule has 0 amide bonds. The molecule has 1 aliphatic rings. The first-order chi connectivity index (χ1) is 9.69. The molecule has 1 unspecified atom stereocenters. The van der Waals surface area contributed by atoms with E-state index in [1.807, 2.05) is 4.68 Å². The van der Waals surface area contributed by atoms with Crippen LogP contribution in [-0.4, -0.2) is 21.3 Å². The molecule has 1 N–H and O–H groups in total. The van der Waals surface area contributed by atoms with Crippen LogP contribution in [0.2, 0.25) is 0 Å². The molecule has 1 atom stereocenters. The Hall–Kier alpha value is -1.84. The first-order valence-corrected chi connectivity index (χ1v) is 7.48. The van der Waals surface area contributed by atoms with Crippen molar-refractivity contribution in [2.24, 2.45) is 0 Å². The highest BCUT2D eigenvalue weighted by Gasteiger charge is 2.23. The van der Waals surface area contributed by atoms with Gasteiger partial charge in [-0.15, -0.1) is 0 Å². The van der Waals surface area contributed by atoms with Crippen molar-refractivity contribution in [1.82, 2.24) is 14.8 Å². The number of anilines is 1. The standard InChI is InChI=1S/C16H22N4/c1-4-15-18-16-17-10-9-14(20(16)19-15)13-7-5-12(6-8-13)11(2)3/h5-8,11,14H,4,9-10H2,1-3H3,(H,17,18,19). The van der Waals surface area contributed by atoms with Crippen LogP contribution in [0.3, 0.4) is 0 Å².